The molecule has 0 atom stereocenters. The van der Waals surface area contributed by atoms with Crippen molar-refractivity contribution in [2.75, 3.05) is 31.9 Å². The Balaban J connectivity index is 2.49. The zero-order valence-corrected chi connectivity index (χ0v) is 10.6. The molecular formula is C11H16N2O2S. The number of benzene rings is 1. The molecule has 1 aromatic rings. The number of nitrogens with zero attached hydrogens (tertiary/aromatic N) is 2. The first-order valence-electron chi connectivity index (χ1n) is 5.17. The van der Waals surface area contributed by atoms with E-state index in [1.807, 2.05) is 25.2 Å². The second kappa shape index (κ2) is 3.75. The Labute approximate surface area is 96.4 Å². The third-order valence-electron chi connectivity index (χ3n) is 3.04. The van der Waals surface area contributed by atoms with E-state index in [1.54, 1.807) is 12.1 Å². The minimum absolute atomic E-state index is 0.407. The third-order valence-corrected chi connectivity index (χ3v) is 4.15. The molecule has 1 aromatic carbocycles. The fourth-order valence-electron chi connectivity index (χ4n) is 1.92. The van der Waals surface area contributed by atoms with E-state index in [-0.39, 0.29) is 0 Å². The fraction of sp³-hybridized carbons (Fsp3) is 0.455. The molecule has 0 N–H and O–H groups in total. The van der Waals surface area contributed by atoms with Gasteiger partial charge in [-0.25, -0.2) is 13.4 Å². The molecule has 5 heteroatoms. The second-order valence-electron chi connectivity index (χ2n) is 4.22. The van der Waals surface area contributed by atoms with Gasteiger partial charge >= 0.3 is 0 Å². The first-order chi connectivity index (χ1) is 7.39. The van der Waals surface area contributed by atoms with Gasteiger partial charge in [0.1, 0.15) is 0 Å². The quantitative estimate of drug-likeness (QED) is 0.732. The lowest BCUT2D eigenvalue weighted by Gasteiger charge is -2.36. The lowest BCUT2D eigenvalue weighted by molar-refractivity contribution is 0.313. The molecule has 1 heterocycles. The molecule has 0 aliphatic carbocycles. The van der Waals surface area contributed by atoms with Crippen molar-refractivity contribution in [3.8, 4) is 0 Å². The van der Waals surface area contributed by atoms with Crippen molar-refractivity contribution < 1.29 is 8.42 Å². The van der Waals surface area contributed by atoms with Gasteiger partial charge in [-0.05, 0) is 30.2 Å². The van der Waals surface area contributed by atoms with Crippen LogP contribution in [0.2, 0.25) is 0 Å². The highest BCUT2D eigenvalue weighted by molar-refractivity contribution is 7.90. The molecule has 0 unspecified atom stereocenters. The summed E-state index contributed by atoms with van der Waals surface area (Å²) in [6.07, 6.45) is 2.13. The van der Waals surface area contributed by atoms with Crippen LogP contribution in [-0.4, -0.2) is 40.3 Å². The summed E-state index contributed by atoms with van der Waals surface area (Å²) in [5.74, 6) is 0. The van der Waals surface area contributed by atoms with Gasteiger partial charge in [0.25, 0.3) is 0 Å². The first-order valence-corrected chi connectivity index (χ1v) is 7.06. The number of likely N-dealkylation sites (N-methyl/N-ethyl adjacent to an activating group) is 1. The molecule has 0 bridgehead atoms. The van der Waals surface area contributed by atoms with Crippen LogP contribution in [0.1, 0.15) is 5.56 Å². The summed E-state index contributed by atoms with van der Waals surface area (Å²) >= 11 is 0. The topological polar surface area (TPSA) is 40.6 Å². The number of rotatable bonds is 1. The van der Waals surface area contributed by atoms with Gasteiger partial charge in [-0.15, -0.1) is 0 Å². The van der Waals surface area contributed by atoms with Crippen molar-refractivity contribution in [3.05, 3.63) is 23.8 Å². The highest BCUT2D eigenvalue weighted by Crippen LogP contribution is 2.27. The first kappa shape index (κ1) is 11.4. The third kappa shape index (κ3) is 1.92. The Morgan fingerprint density at radius 3 is 2.56 bits per heavy atom. The van der Waals surface area contributed by atoms with Crippen LogP contribution in [0.4, 0.5) is 5.69 Å². The van der Waals surface area contributed by atoms with Crippen molar-refractivity contribution in [2.24, 2.45) is 0 Å². The molecule has 88 valence electrons. The summed E-state index contributed by atoms with van der Waals surface area (Å²) in [6, 6.07) is 5.33. The molecule has 0 aromatic heterocycles. The lowest BCUT2D eigenvalue weighted by Crippen LogP contribution is -2.41. The molecule has 0 amide bonds. The Morgan fingerprint density at radius 1 is 1.25 bits per heavy atom. The molecule has 16 heavy (non-hydrogen) atoms. The highest BCUT2D eigenvalue weighted by Gasteiger charge is 2.19. The Hall–Kier alpha value is -1.07. The monoisotopic (exact) mass is 240 g/mol. The summed E-state index contributed by atoms with van der Waals surface area (Å²) in [5, 5.41) is 4.16. The van der Waals surface area contributed by atoms with Gasteiger partial charge in [0, 0.05) is 26.9 Å². The normalized spacial score (nSPS) is 17.3. The molecule has 1 aliphatic rings. The maximum atomic E-state index is 11.4. The predicted octanol–water partition coefficient (Wildman–Crippen LogP) is 0.929. The standard InChI is InChI=1S/C11H16N2O2S/c1-12-7-6-9-8-10(16(3,14)15)4-5-11(9)13(12)2/h4-5,8H,6-7H2,1-3H3. The van der Waals surface area contributed by atoms with Gasteiger partial charge in [-0.2, -0.15) is 0 Å². The smallest absolute Gasteiger partial charge is 0.175 e. The van der Waals surface area contributed by atoms with Crippen LogP contribution in [-0.2, 0) is 16.3 Å². The van der Waals surface area contributed by atoms with Crippen LogP contribution in [0, 0.1) is 0 Å². The molecule has 0 saturated heterocycles. The average Bonchev–Trinajstić information content (AvgIpc) is 2.22. The van der Waals surface area contributed by atoms with Crippen LogP contribution < -0.4 is 5.01 Å². The maximum Gasteiger partial charge on any atom is 0.175 e. The Morgan fingerprint density at radius 2 is 1.94 bits per heavy atom. The summed E-state index contributed by atoms with van der Waals surface area (Å²) in [4.78, 5) is 0.407. The highest BCUT2D eigenvalue weighted by atomic mass is 32.2. The average molecular weight is 240 g/mol. The molecule has 0 radical (unpaired) electrons. The summed E-state index contributed by atoms with van der Waals surface area (Å²) in [5.41, 5.74) is 2.18. The van der Waals surface area contributed by atoms with Gasteiger partial charge in [0.2, 0.25) is 0 Å². The van der Waals surface area contributed by atoms with E-state index in [0.29, 0.717) is 4.90 Å². The molecule has 0 saturated carbocycles. The SMILES string of the molecule is CN1CCc2cc(S(C)(=O)=O)ccc2N1C. The van der Waals surface area contributed by atoms with Crippen molar-refractivity contribution >= 4 is 15.5 Å². The van der Waals surface area contributed by atoms with E-state index >= 15 is 0 Å². The van der Waals surface area contributed by atoms with Crippen molar-refractivity contribution in [1.82, 2.24) is 5.01 Å². The van der Waals surface area contributed by atoms with Crippen molar-refractivity contribution in [3.63, 3.8) is 0 Å². The van der Waals surface area contributed by atoms with Crippen LogP contribution in [0.5, 0.6) is 0 Å². The Kier molecular flexibility index (Phi) is 2.67. The van der Waals surface area contributed by atoms with E-state index in [2.05, 4.69) is 5.01 Å². The summed E-state index contributed by atoms with van der Waals surface area (Å²) < 4.78 is 22.9. The van der Waals surface area contributed by atoms with E-state index < -0.39 is 9.84 Å². The molecule has 1 aliphatic heterocycles. The molecular weight excluding hydrogens is 224 g/mol. The zero-order chi connectivity index (χ0) is 11.9. The molecule has 4 nitrogen and oxygen atoms in total. The number of anilines is 1. The zero-order valence-electron chi connectivity index (χ0n) is 9.77. The van der Waals surface area contributed by atoms with Gasteiger partial charge < -0.3 is 5.01 Å². The van der Waals surface area contributed by atoms with Crippen LogP contribution in [0.15, 0.2) is 23.1 Å². The van der Waals surface area contributed by atoms with E-state index in [0.717, 1.165) is 24.2 Å². The predicted molar refractivity (Wildman–Crippen MR) is 64.3 cm³/mol. The van der Waals surface area contributed by atoms with Crippen molar-refractivity contribution in [1.29, 1.82) is 0 Å². The summed E-state index contributed by atoms with van der Waals surface area (Å²) in [6.45, 7) is 0.913. The lowest BCUT2D eigenvalue weighted by atomic mass is 10.1. The summed E-state index contributed by atoms with van der Waals surface area (Å²) in [7, 11) is 0.906. The number of fused-ring (bicyclic) bond motifs is 1. The van der Waals surface area contributed by atoms with E-state index in [9.17, 15) is 8.42 Å². The fourth-order valence-corrected chi connectivity index (χ4v) is 2.60. The van der Waals surface area contributed by atoms with Crippen molar-refractivity contribution in [2.45, 2.75) is 11.3 Å². The van der Waals surface area contributed by atoms with Gasteiger partial charge in [-0.1, -0.05) is 0 Å². The van der Waals surface area contributed by atoms with E-state index in [1.165, 1.54) is 6.26 Å². The molecule has 0 spiro atoms. The number of hydrazine groups is 1. The van der Waals surface area contributed by atoms with Gasteiger partial charge in [0.15, 0.2) is 9.84 Å². The number of hydrogen-bond acceptors (Lipinski definition) is 4. The number of sulfone groups is 1. The second-order valence-corrected chi connectivity index (χ2v) is 6.23. The number of hydrogen-bond donors (Lipinski definition) is 0. The van der Waals surface area contributed by atoms with Gasteiger partial charge in [-0.3, -0.25) is 0 Å². The molecule has 0 fully saturated rings. The Bertz CT molecular complexity index is 511. The minimum Gasteiger partial charge on any atom is -0.309 e. The minimum atomic E-state index is -3.10. The molecule has 2 rings (SSSR count). The van der Waals surface area contributed by atoms with E-state index in [4.69, 9.17) is 0 Å². The largest absolute Gasteiger partial charge is 0.309 e. The van der Waals surface area contributed by atoms with Crippen LogP contribution in [0.3, 0.4) is 0 Å². The van der Waals surface area contributed by atoms with Crippen LogP contribution >= 0.6 is 0 Å². The maximum absolute atomic E-state index is 11.4. The van der Waals surface area contributed by atoms with Gasteiger partial charge in [0.05, 0.1) is 10.6 Å². The van der Waals surface area contributed by atoms with Crippen LogP contribution in [0.25, 0.3) is 0 Å².